The quantitative estimate of drug-likeness (QED) is 0.180. The third-order valence-electron chi connectivity index (χ3n) is 15.1. The number of carbonyl (C=O) groups excluding carboxylic acids is 1. The van der Waals surface area contributed by atoms with E-state index >= 15 is 0 Å². The van der Waals surface area contributed by atoms with E-state index in [0.717, 1.165) is 44.9 Å². The molecule has 0 spiro atoms. The average Bonchev–Trinajstić information content (AvgIpc) is 2.95. The average molecular weight is 647 g/mol. The molecule has 5 N–H and O–H groups in total. The second-order valence-electron chi connectivity index (χ2n) is 17.1. The van der Waals surface area contributed by atoms with Crippen molar-refractivity contribution in [1.29, 1.82) is 0 Å². The maximum atomic E-state index is 13.1. The van der Waals surface area contributed by atoms with Gasteiger partial charge in [0.05, 0.1) is 11.8 Å². The van der Waals surface area contributed by atoms with Crippen LogP contribution in [0.5, 0.6) is 0 Å². The van der Waals surface area contributed by atoms with E-state index in [0.29, 0.717) is 24.7 Å². The number of allylic oxidation sites excluding steroid dienone is 2. The fourth-order valence-corrected chi connectivity index (χ4v) is 12.0. The molecule has 46 heavy (non-hydrogen) atoms. The van der Waals surface area contributed by atoms with E-state index in [1.807, 2.05) is 13.8 Å². The summed E-state index contributed by atoms with van der Waals surface area (Å²) >= 11 is 0. The zero-order chi connectivity index (χ0) is 34.4. The number of aliphatic carboxylic acids is 3. The zero-order valence-corrected chi connectivity index (χ0v) is 28.5. The molecule has 4 saturated carbocycles. The van der Waals surface area contributed by atoms with Gasteiger partial charge in [0, 0.05) is 5.41 Å². The van der Waals surface area contributed by atoms with Gasteiger partial charge in [-0.1, -0.05) is 60.1 Å². The second kappa shape index (κ2) is 11.0. The van der Waals surface area contributed by atoms with Crippen molar-refractivity contribution < 1.29 is 49.4 Å². The van der Waals surface area contributed by atoms with Crippen molar-refractivity contribution in [1.82, 2.24) is 0 Å². The van der Waals surface area contributed by atoms with Crippen molar-refractivity contribution in [2.45, 2.75) is 130 Å². The first-order chi connectivity index (χ1) is 21.1. The van der Waals surface area contributed by atoms with Crippen LogP contribution in [0.1, 0.15) is 113 Å². The van der Waals surface area contributed by atoms with Gasteiger partial charge in [-0.2, -0.15) is 0 Å². The minimum atomic E-state index is -3.21. The molecule has 5 aliphatic carbocycles. The van der Waals surface area contributed by atoms with E-state index in [9.17, 15) is 39.6 Å². The van der Waals surface area contributed by atoms with E-state index in [1.165, 1.54) is 5.57 Å². The number of carboxylic acid groups (broad SMARTS) is 3. The minimum absolute atomic E-state index is 0.0272. The van der Waals surface area contributed by atoms with Crippen molar-refractivity contribution >= 4 is 23.9 Å². The minimum Gasteiger partial charge on any atom is -0.481 e. The summed E-state index contributed by atoms with van der Waals surface area (Å²) in [5.74, 6) is -4.45. The maximum Gasteiger partial charge on any atom is 0.339 e. The summed E-state index contributed by atoms with van der Waals surface area (Å²) in [6.07, 6.45) is 4.94. The maximum absolute atomic E-state index is 13.1. The molecule has 258 valence electrons. The van der Waals surface area contributed by atoms with E-state index < -0.39 is 58.9 Å². The second-order valence-corrected chi connectivity index (χ2v) is 17.1. The van der Waals surface area contributed by atoms with Crippen molar-refractivity contribution in [2.24, 2.45) is 56.7 Å². The van der Waals surface area contributed by atoms with Gasteiger partial charge in [-0.15, -0.1) is 0 Å². The summed E-state index contributed by atoms with van der Waals surface area (Å²) in [5.41, 5.74) is -3.42. The Bertz CT molecular complexity index is 1340. The van der Waals surface area contributed by atoms with Crippen LogP contribution in [0, 0.1) is 56.7 Å². The lowest BCUT2D eigenvalue weighted by molar-refractivity contribution is -0.222. The van der Waals surface area contributed by atoms with Crippen molar-refractivity contribution in [3.63, 3.8) is 0 Å². The predicted octanol–water partition coefficient (Wildman–Crippen LogP) is 5.29. The van der Waals surface area contributed by atoms with E-state index in [4.69, 9.17) is 9.84 Å². The molecule has 5 aliphatic rings. The molecule has 5 rings (SSSR count). The summed E-state index contributed by atoms with van der Waals surface area (Å²) in [5, 5.41) is 50.2. The fraction of sp³-hybridized carbons (Fsp3) is 0.833. The summed E-state index contributed by atoms with van der Waals surface area (Å²) in [6.45, 7) is 15.8. The first-order valence-electron chi connectivity index (χ1n) is 17.1. The van der Waals surface area contributed by atoms with Crippen LogP contribution >= 0.6 is 0 Å². The van der Waals surface area contributed by atoms with Crippen LogP contribution < -0.4 is 0 Å². The number of rotatable bonds is 7. The monoisotopic (exact) mass is 646 g/mol. The number of esters is 1. The van der Waals surface area contributed by atoms with Crippen LogP contribution in [0.4, 0.5) is 0 Å². The highest BCUT2D eigenvalue weighted by atomic mass is 16.6. The van der Waals surface area contributed by atoms with Gasteiger partial charge in [0.25, 0.3) is 0 Å². The van der Waals surface area contributed by atoms with Gasteiger partial charge in [-0.25, -0.2) is 9.59 Å². The fourth-order valence-electron chi connectivity index (χ4n) is 12.0. The van der Waals surface area contributed by atoms with Crippen LogP contribution in [0.15, 0.2) is 11.6 Å². The number of aliphatic hydroxyl groups excluding tert-OH is 1. The Balaban J connectivity index is 1.44. The highest BCUT2D eigenvalue weighted by molar-refractivity contribution is 5.91. The largest absolute Gasteiger partial charge is 0.481 e. The van der Waals surface area contributed by atoms with Gasteiger partial charge in [0.2, 0.25) is 5.60 Å². The number of ether oxygens (including phenoxy) is 1. The van der Waals surface area contributed by atoms with Gasteiger partial charge in [-0.3, -0.25) is 9.59 Å². The molecule has 0 amide bonds. The molecule has 0 aromatic rings. The Morgan fingerprint density at radius 1 is 0.913 bits per heavy atom. The number of fused-ring (bicyclic) bond motifs is 7. The third-order valence-corrected chi connectivity index (χ3v) is 15.1. The number of carbonyl (C=O) groups is 4. The molecule has 0 saturated heterocycles. The Morgan fingerprint density at radius 3 is 2.15 bits per heavy atom. The Morgan fingerprint density at radius 2 is 1.57 bits per heavy atom. The van der Waals surface area contributed by atoms with E-state index in [1.54, 1.807) is 0 Å². The molecule has 0 aliphatic heterocycles. The summed E-state index contributed by atoms with van der Waals surface area (Å²) < 4.78 is 5.75. The molecule has 0 radical (unpaired) electrons. The van der Waals surface area contributed by atoms with E-state index in [2.05, 4.69) is 40.7 Å². The van der Waals surface area contributed by atoms with E-state index in [-0.39, 0.29) is 34.0 Å². The van der Waals surface area contributed by atoms with Crippen molar-refractivity contribution in [2.75, 3.05) is 0 Å². The Labute approximate surface area is 272 Å². The molecule has 10 nitrogen and oxygen atoms in total. The smallest absolute Gasteiger partial charge is 0.339 e. The first kappa shape index (κ1) is 34.9. The molecule has 10 heteroatoms. The molecule has 0 bridgehead atoms. The van der Waals surface area contributed by atoms with Crippen LogP contribution in [0.25, 0.3) is 0 Å². The number of hydrogen-bond acceptors (Lipinski definition) is 7. The van der Waals surface area contributed by atoms with Crippen molar-refractivity contribution in [3.8, 4) is 0 Å². The SMILES string of the molecule is C[C@H]1[C@H](C)CC[C@]2(C(=O)O)CC[C@]3(C)C(=CC[C@@H]4[C@@]5(C)CC[C@H](OC(=O)C(O)C(O)(CC(=O)O)C(=O)O)C(C)(C)C5CC[C@]43C)[C@H]12. The molecule has 0 aromatic carbocycles. The summed E-state index contributed by atoms with van der Waals surface area (Å²) in [4.78, 5) is 48.9. The van der Waals surface area contributed by atoms with Gasteiger partial charge in [0.1, 0.15) is 6.10 Å². The number of aliphatic hydroxyl groups is 2. The summed E-state index contributed by atoms with van der Waals surface area (Å²) in [7, 11) is 0. The zero-order valence-electron chi connectivity index (χ0n) is 28.5. The first-order valence-corrected chi connectivity index (χ1v) is 17.1. The van der Waals surface area contributed by atoms with Gasteiger partial charge in [0.15, 0.2) is 6.10 Å². The topological polar surface area (TPSA) is 179 Å². The molecule has 0 heterocycles. The molecule has 3 unspecified atom stereocenters. The lowest BCUT2D eigenvalue weighted by Crippen LogP contribution is -2.65. The molecular formula is C36H54O10. The number of carboxylic acids is 3. The highest BCUT2D eigenvalue weighted by Gasteiger charge is 2.70. The van der Waals surface area contributed by atoms with Gasteiger partial charge in [-0.05, 0) is 104 Å². The molecular weight excluding hydrogens is 592 g/mol. The van der Waals surface area contributed by atoms with Crippen LogP contribution in [0.3, 0.4) is 0 Å². The Kier molecular flexibility index (Phi) is 8.37. The van der Waals surface area contributed by atoms with Gasteiger partial charge >= 0.3 is 23.9 Å². The van der Waals surface area contributed by atoms with Crippen LogP contribution in [0.2, 0.25) is 0 Å². The normalized spacial score (nSPS) is 44.8. The third kappa shape index (κ3) is 4.62. The Hall–Kier alpha value is -2.46. The lowest BCUT2D eigenvalue weighted by Gasteiger charge is -2.71. The number of hydrogen-bond donors (Lipinski definition) is 5. The molecule has 0 aromatic heterocycles. The van der Waals surface area contributed by atoms with Crippen molar-refractivity contribution in [3.05, 3.63) is 11.6 Å². The highest BCUT2D eigenvalue weighted by Crippen LogP contribution is 2.75. The lowest BCUT2D eigenvalue weighted by atomic mass is 9.33. The van der Waals surface area contributed by atoms with Crippen LogP contribution in [-0.4, -0.2) is 67.2 Å². The van der Waals surface area contributed by atoms with Gasteiger partial charge < -0.3 is 30.3 Å². The van der Waals surface area contributed by atoms with Crippen LogP contribution in [-0.2, 0) is 23.9 Å². The molecule has 4 fully saturated rings. The summed E-state index contributed by atoms with van der Waals surface area (Å²) in [6, 6.07) is 0. The standard InChI is InChI=1S/C36H54O10/c1-19-10-15-35(29(41)42)17-16-33(6)21(26(35)20(19)2)8-9-23-32(5)13-12-24(31(3,4)22(32)11-14-34(23,33)7)46-28(40)27(39)36(45,30(43)44)18-25(37)38/h8,19-20,22-24,26-27,39,45H,9-18H2,1-7H3,(H,37,38)(H,41,42)(H,43,44)/t19-,20+,22?,23-,24+,26+,27?,32+,33-,34-,35+,36?/m1/s1. The predicted molar refractivity (Wildman–Crippen MR) is 167 cm³/mol. The molecule has 12 atom stereocenters.